The zero-order valence-electron chi connectivity index (χ0n) is 9.68. The Balaban J connectivity index is 2.97. The molecule has 0 unspecified atom stereocenters. The minimum absolute atomic E-state index is 0.0691. The highest BCUT2D eigenvalue weighted by Crippen LogP contribution is 2.37. The van der Waals surface area contributed by atoms with Gasteiger partial charge in [-0.2, -0.15) is 0 Å². The lowest BCUT2D eigenvalue weighted by Crippen LogP contribution is -2.24. The van der Waals surface area contributed by atoms with Gasteiger partial charge in [0.15, 0.2) is 5.78 Å². The van der Waals surface area contributed by atoms with Crippen LogP contribution in [0, 0.1) is 5.41 Å². The van der Waals surface area contributed by atoms with Crippen LogP contribution in [-0.2, 0) is 4.79 Å². The van der Waals surface area contributed by atoms with Crippen LogP contribution in [-0.4, -0.2) is 5.78 Å². The number of Topliss-reactive ketones (excluding diaryl/α,β-unsaturated/α-hetero) is 1. The van der Waals surface area contributed by atoms with Gasteiger partial charge in [0.05, 0.1) is 0 Å². The molecule has 0 saturated heterocycles. The number of rotatable bonds is 2. The Kier molecular flexibility index (Phi) is 3.30. The van der Waals surface area contributed by atoms with Gasteiger partial charge in [-0.05, 0) is 44.1 Å². The van der Waals surface area contributed by atoms with Gasteiger partial charge in [0.25, 0.3) is 0 Å². The van der Waals surface area contributed by atoms with E-state index in [2.05, 4.69) is 19.9 Å². The standard InChI is InChI=1S/C13H20O/c1-5-10(2)12(14)11-8-6-7-9-13(11,3)4/h5,8H,6-7,9H2,1-4H3. The number of hydrogen-bond donors (Lipinski definition) is 0. The van der Waals surface area contributed by atoms with Crippen LogP contribution >= 0.6 is 0 Å². The molecule has 1 aliphatic rings. The second-order valence-corrected chi connectivity index (χ2v) is 4.69. The first-order valence-corrected chi connectivity index (χ1v) is 5.37. The zero-order valence-corrected chi connectivity index (χ0v) is 9.68. The quantitative estimate of drug-likeness (QED) is 0.610. The Bertz CT molecular complexity index is 292. The molecule has 78 valence electrons. The molecule has 0 aromatic heterocycles. The first kappa shape index (κ1) is 11.2. The molecule has 0 aliphatic heterocycles. The average Bonchev–Trinajstić information content (AvgIpc) is 2.15. The zero-order chi connectivity index (χ0) is 10.8. The number of hydrogen-bond acceptors (Lipinski definition) is 1. The normalized spacial score (nSPS) is 21.7. The number of ketones is 1. The highest BCUT2D eigenvalue weighted by Gasteiger charge is 2.30. The molecule has 0 aromatic rings. The van der Waals surface area contributed by atoms with E-state index in [-0.39, 0.29) is 11.2 Å². The van der Waals surface area contributed by atoms with Crippen LogP contribution in [0.3, 0.4) is 0 Å². The van der Waals surface area contributed by atoms with E-state index in [1.807, 2.05) is 19.9 Å². The van der Waals surface area contributed by atoms with Crippen molar-refractivity contribution in [1.82, 2.24) is 0 Å². The summed E-state index contributed by atoms with van der Waals surface area (Å²) in [6.45, 7) is 8.15. The smallest absolute Gasteiger partial charge is 0.184 e. The van der Waals surface area contributed by atoms with Crippen molar-refractivity contribution in [3.8, 4) is 0 Å². The lowest BCUT2D eigenvalue weighted by molar-refractivity contribution is -0.113. The summed E-state index contributed by atoms with van der Waals surface area (Å²) in [7, 11) is 0. The van der Waals surface area contributed by atoms with Crippen molar-refractivity contribution in [3.05, 3.63) is 23.3 Å². The monoisotopic (exact) mass is 192 g/mol. The third kappa shape index (κ3) is 2.14. The summed E-state index contributed by atoms with van der Waals surface area (Å²) in [6.07, 6.45) is 7.41. The maximum absolute atomic E-state index is 12.0. The molecule has 0 N–H and O–H groups in total. The summed E-state index contributed by atoms with van der Waals surface area (Å²) in [6, 6.07) is 0. The van der Waals surface area contributed by atoms with E-state index < -0.39 is 0 Å². The topological polar surface area (TPSA) is 17.1 Å². The van der Waals surface area contributed by atoms with Crippen molar-refractivity contribution < 1.29 is 4.79 Å². The summed E-state index contributed by atoms with van der Waals surface area (Å²) in [5.41, 5.74) is 1.95. The molecule has 0 amide bonds. The largest absolute Gasteiger partial charge is 0.289 e. The molecule has 0 radical (unpaired) electrons. The lowest BCUT2D eigenvalue weighted by Gasteiger charge is -2.30. The first-order valence-electron chi connectivity index (χ1n) is 5.37. The number of carbonyl (C=O) groups is 1. The van der Waals surface area contributed by atoms with Gasteiger partial charge in [-0.3, -0.25) is 4.79 Å². The third-order valence-corrected chi connectivity index (χ3v) is 3.12. The highest BCUT2D eigenvalue weighted by molar-refractivity contribution is 6.08. The molecule has 0 atom stereocenters. The molecule has 0 spiro atoms. The fourth-order valence-electron chi connectivity index (χ4n) is 1.94. The second-order valence-electron chi connectivity index (χ2n) is 4.69. The van der Waals surface area contributed by atoms with Crippen molar-refractivity contribution in [2.24, 2.45) is 5.41 Å². The van der Waals surface area contributed by atoms with Gasteiger partial charge in [0.1, 0.15) is 0 Å². The molecule has 0 aromatic carbocycles. The number of carbonyl (C=O) groups excluding carboxylic acids is 1. The van der Waals surface area contributed by atoms with Gasteiger partial charge < -0.3 is 0 Å². The van der Waals surface area contributed by atoms with Crippen LogP contribution in [0.1, 0.15) is 47.0 Å². The van der Waals surface area contributed by atoms with E-state index in [1.165, 1.54) is 6.42 Å². The van der Waals surface area contributed by atoms with E-state index in [0.29, 0.717) is 0 Å². The molecule has 1 rings (SSSR count). The van der Waals surface area contributed by atoms with Gasteiger partial charge in [-0.15, -0.1) is 0 Å². The van der Waals surface area contributed by atoms with E-state index in [4.69, 9.17) is 0 Å². The molecule has 14 heavy (non-hydrogen) atoms. The molecule has 1 heteroatoms. The van der Waals surface area contributed by atoms with Crippen molar-refractivity contribution >= 4 is 5.78 Å². The molecule has 0 bridgehead atoms. The minimum Gasteiger partial charge on any atom is -0.289 e. The third-order valence-electron chi connectivity index (χ3n) is 3.12. The Morgan fingerprint density at radius 2 is 2.14 bits per heavy atom. The highest BCUT2D eigenvalue weighted by atomic mass is 16.1. The van der Waals surface area contributed by atoms with E-state index in [9.17, 15) is 4.79 Å². The maximum atomic E-state index is 12.0. The van der Waals surface area contributed by atoms with Crippen LogP contribution in [0.2, 0.25) is 0 Å². The van der Waals surface area contributed by atoms with Gasteiger partial charge in [0.2, 0.25) is 0 Å². The van der Waals surface area contributed by atoms with Crippen LogP contribution in [0.5, 0.6) is 0 Å². The summed E-state index contributed by atoms with van der Waals surface area (Å²) >= 11 is 0. The Morgan fingerprint density at radius 1 is 1.50 bits per heavy atom. The lowest BCUT2D eigenvalue weighted by atomic mass is 9.73. The predicted octanol–water partition coefficient (Wildman–Crippen LogP) is 3.66. The molecule has 0 fully saturated rings. The van der Waals surface area contributed by atoms with Gasteiger partial charge in [-0.1, -0.05) is 26.0 Å². The molecule has 1 aliphatic carbocycles. The van der Waals surface area contributed by atoms with Crippen molar-refractivity contribution in [3.63, 3.8) is 0 Å². The summed E-state index contributed by atoms with van der Waals surface area (Å²) < 4.78 is 0. The minimum atomic E-state index is 0.0691. The molecule has 1 nitrogen and oxygen atoms in total. The summed E-state index contributed by atoms with van der Waals surface area (Å²) in [4.78, 5) is 12.0. The molecule has 0 saturated carbocycles. The Morgan fingerprint density at radius 3 is 2.64 bits per heavy atom. The van der Waals surface area contributed by atoms with Crippen LogP contribution in [0.4, 0.5) is 0 Å². The molecule has 0 heterocycles. The first-order chi connectivity index (χ1) is 6.49. The van der Waals surface area contributed by atoms with E-state index in [1.54, 1.807) is 0 Å². The van der Waals surface area contributed by atoms with E-state index >= 15 is 0 Å². The fourth-order valence-corrected chi connectivity index (χ4v) is 1.94. The average molecular weight is 192 g/mol. The van der Waals surface area contributed by atoms with Crippen LogP contribution in [0.15, 0.2) is 23.3 Å². The van der Waals surface area contributed by atoms with Gasteiger partial charge >= 0.3 is 0 Å². The van der Waals surface area contributed by atoms with Crippen molar-refractivity contribution in [1.29, 1.82) is 0 Å². The predicted molar refractivity (Wildman–Crippen MR) is 60.2 cm³/mol. The molecular weight excluding hydrogens is 172 g/mol. The van der Waals surface area contributed by atoms with E-state index in [0.717, 1.165) is 24.0 Å². The van der Waals surface area contributed by atoms with Gasteiger partial charge in [-0.25, -0.2) is 0 Å². The fraction of sp³-hybridized carbons (Fsp3) is 0.615. The SMILES string of the molecule is CC=C(C)C(=O)C1=CCCCC1(C)C. The maximum Gasteiger partial charge on any atom is 0.184 e. The van der Waals surface area contributed by atoms with Crippen LogP contribution in [0.25, 0.3) is 0 Å². The van der Waals surface area contributed by atoms with Crippen molar-refractivity contribution in [2.45, 2.75) is 47.0 Å². The molecular formula is C13H20O. The summed E-state index contributed by atoms with van der Waals surface area (Å²) in [5.74, 6) is 0.234. The Labute approximate surface area is 86.9 Å². The van der Waals surface area contributed by atoms with Gasteiger partial charge in [0, 0.05) is 5.57 Å². The van der Waals surface area contributed by atoms with Crippen LogP contribution < -0.4 is 0 Å². The van der Waals surface area contributed by atoms with Crippen molar-refractivity contribution in [2.75, 3.05) is 0 Å². The summed E-state index contributed by atoms with van der Waals surface area (Å²) in [5, 5.41) is 0. The second kappa shape index (κ2) is 4.12. The number of allylic oxidation sites excluding steroid dienone is 4. The Hall–Kier alpha value is -0.850.